The van der Waals surface area contributed by atoms with Gasteiger partial charge in [-0.25, -0.2) is 4.79 Å². The molecule has 36 heavy (non-hydrogen) atoms. The molecule has 0 spiro atoms. The molecule has 8 heteroatoms. The number of carbonyl (C=O) groups excluding carboxylic acids is 3. The molecule has 1 aliphatic rings. The number of esters is 1. The number of benzene rings is 3. The van der Waals surface area contributed by atoms with Gasteiger partial charge in [0, 0.05) is 29.2 Å². The van der Waals surface area contributed by atoms with E-state index in [1.165, 1.54) is 12.0 Å². The number of rotatable bonds is 5. The minimum absolute atomic E-state index is 0.0111. The molecule has 178 valence electrons. The average molecular weight is 496 g/mol. The molecule has 0 aliphatic carbocycles. The van der Waals surface area contributed by atoms with E-state index in [-0.39, 0.29) is 10.7 Å². The first-order chi connectivity index (χ1) is 17.5. The van der Waals surface area contributed by atoms with E-state index in [4.69, 9.17) is 17.0 Å². The van der Waals surface area contributed by atoms with E-state index in [0.717, 1.165) is 16.5 Å². The van der Waals surface area contributed by atoms with Crippen LogP contribution in [0.15, 0.2) is 90.6 Å². The van der Waals surface area contributed by atoms with Gasteiger partial charge in [-0.2, -0.15) is 0 Å². The first kappa shape index (κ1) is 23.2. The molecule has 1 fully saturated rings. The number of nitrogens with zero attached hydrogens (tertiary/aromatic N) is 2. The van der Waals surface area contributed by atoms with E-state index in [0.29, 0.717) is 23.4 Å². The van der Waals surface area contributed by atoms with Crippen molar-refractivity contribution in [1.29, 1.82) is 0 Å². The number of anilines is 1. The van der Waals surface area contributed by atoms with Crippen molar-refractivity contribution in [2.24, 2.45) is 0 Å². The van der Waals surface area contributed by atoms with Crippen molar-refractivity contribution in [2.75, 3.05) is 12.0 Å². The second kappa shape index (κ2) is 9.59. The van der Waals surface area contributed by atoms with Gasteiger partial charge in [0.05, 0.1) is 18.4 Å². The Bertz CT molecular complexity index is 1560. The molecule has 7 nitrogen and oxygen atoms in total. The highest BCUT2D eigenvalue weighted by Gasteiger charge is 2.34. The van der Waals surface area contributed by atoms with Gasteiger partial charge in [-0.1, -0.05) is 48.5 Å². The zero-order valence-corrected chi connectivity index (χ0v) is 20.1. The van der Waals surface area contributed by atoms with Crippen molar-refractivity contribution >= 4 is 57.8 Å². The summed E-state index contributed by atoms with van der Waals surface area (Å²) in [5, 5.41) is 3.55. The summed E-state index contributed by atoms with van der Waals surface area (Å²) in [4.78, 5) is 39.4. The lowest BCUT2D eigenvalue weighted by molar-refractivity contribution is -0.122. The summed E-state index contributed by atoms with van der Waals surface area (Å²) in [7, 11) is 1.35. The zero-order chi connectivity index (χ0) is 25.2. The molecular formula is C28H21N3O4S. The summed E-state index contributed by atoms with van der Waals surface area (Å²) in [5.74, 6) is -1.43. The minimum atomic E-state index is -0.542. The van der Waals surface area contributed by atoms with E-state index in [2.05, 4.69) is 5.32 Å². The van der Waals surface area contributed by atoms with Crippen LogP contribution in [0.3, 0.4) is 0 Å². The van der Waals surface area contributed by atoms with Gasteiger partial charge in [0.25, 0.3) is 11.8 Å². The molecule has 2 amide bonds. The van der Waals surface area contributed by atoms with Gasteiger partial charge in [-0.05, 0) is 54.2 Å². The number of thiocarbonyl (C=S) groups is 1. The maximum atomic E-state index is 13.4. The van der Waals surface area contributed by atoms with Gasteiger partial charge in [0.15, 0.2) is 5.11 Å². The molecule has 0 saturated carbocycles. The standard InChI is InChI=1S/C28H21N3O4S/c1-35-27(34)19-9-7-8-18(14-19)16-30-17-20(22-12-5-6-13-24(22)30)15-23-25(32)29-28(36)31(26(23)33)21-10-3-2-4-11-21/h2-15,17H,16H2,1H3,(H,29,32,36). The van der Waals surface area contributed by atoms with Gasteiger partial charge in [0.1, 0.15) is 5.57 Å². The van der Waals surface area contributed by atoms with Crippen molar-refractivity contribution in [3.05, 3.63) is 107 Å². The Morgan fingerprint density at radius 3 is 2.53 bits per heavy atom. The molecule has 3 aromatic carbocycles. The lowest BCUT2D eigenvalue weighted by atomic mass is 10.1. The van der Waals surface area contributed by atoms with E-state index in [1.54, 1.807) is 42.5 Å². The summed E-state index contributed by atoms with van der Waals surface area (Å²) in [5.41, 5.74) is 3.58. The highest BCUT2D eigenvalue weighted by atomic mass is 32.1. The van der Waals surface area contributed by atoms with Crippen LogP contribution in [0.25, 0.3) is 17.0 Å². The molecule has 0 bridgehead atoms. The fourth-order valence-corrected chi connectivity index (χ4v) is 4.54. The summed E-state index contributed by atoms with van der Waals surface area (Å²) in [6.07, 6.45) is 3.49. The average Bonchev–Trinajstić information content (AvgIpc) is 3.23. The van der Waals surface area contributed by atoms with Gasteiger partial charge >= 0.3 is 5.97 Å². The van der Waals surface area contributed by atoms with Gasteiger partial charge in [-0.15, -0.1) is 0 Å². The molecule has 1 aromatic heterocycles. The smallest absolute Gasteiger partial charge is 0.337 e. The molecule has 0 radical (unpaired) electrons. The number of hydrogen-bond acceptors (Lipinski definition) is 5. The summed E-state index contributed by atoms with van der Waals surface area (Å²) < 4.78 is 6.85. The Kier molecular flexibility index (Phi) is 6.18. The van der Waals surface area contributed by atoms with Crippen LogP contribution in [0.4, 0.5) is 5.69 Å². The summed E-state index contributed by atoms with van der Waals surface area (Å²) in [6.45, 7) is 0.481. The van der Waals surface area contributed by atoms with Crippen LogP contribution in [-0.4, -0.2) is 34.6 Å². The van der Waals surface area contributed by atoms with E-state index >= 15 is 0 Å². The van der Waals surface area contributed by atoms with Crippen LogP contribution in [0, 0.1) is 0 Å². The first-order valence-corrected chi connectivity index (χ1v) is 11.6. The summed E-state index contributed by atoms with van der Waals surface area (Å²) >= 11 is 5.28. The number of methoxy groups -OCH3 is 1. The van der Waals surface area contributed by atoms with Crippen molar-refractivity contribution in [3.63, 3.8) is 0 Å². The van der Waals surface area contributed by atoms with Gasteiger partial charge < -0.3 is 9.30 Å². The second-order valence-electron chi connectivity index (χ2n) is 8.21. The quantitative estimate of drug-likeness (QED) is 0.193. The maximum Gasteiger partial charge on any atom is 0.337 e. The monoisotopic (exact) mass is 495 g/mol. The Labute approximate surface area is 212 Å². The van der Waals surface area contributed by atoms with Gasteiger partial charge in [0.2, 0.25) is 0 Å². The molecule has 2 heterocycles. The number of aromatic nitrogens is 1. The second-order valence-corrected chi connectivity index (χ2v) is 8.60. The van der Waals surface area contributed by atoms with E-state index in [9.17, 15) is 14.4 Å². The predicted octanol–water partition coefficient (Wildman–Crippen LogP) is 4.31. The fourth-order valence-electron chi connectivity index (χ4n) is 4.26. The van der Waals surface area contributed by atoms with Crippen LogP contribution < -0.4 is 10.2 Å². The largest absolute Gasteiger partial charge is 0.465 e. The Morgan fingerprint density at radius 2 is 1.75 bits per heavy atom. The molecule has 1 aliphatic heterocycles. The molecule has 4 aromatic rings. The van der Waals surface area contributed by atoms with E-state index in [1.807, 2.05) is 53.2 Å². The molecule has 5 rings (SSSR count). The van der Waals surface area contributed by atoms with Crippen LogP contribution in [-0.2, 0) is 20.9 Å². The number of hydrogen-bond donors (Lipinski definition) is 1. The Hall–Kier alpha value is -4.56. The van der Waals surface area contributed by atoms with Crippen molar-refractivity contribution in [3.8, 4) is 0 Å². The molecule has 0 atom stereocenters. The number of amides is 2. The molecule has 1 saturated heterocycles. The first-order valence-electron chi connectivity index (χ1n) is 11.2. The van der Waals surface area contributed by atoms with E-state index < -0.39 is 17.8 Å². The van der Waals surface area contributed by atoms with Crippen molar-refractivity contribution < 1.29 is 19.1 Å². The zero-order valence-electron chi connectivity index (χ0n) is 19.3. The lowest BCUT2D eigenvalue weighted by Crippen LogP contribution is -2.54. The third kappa shape index (κ3) is 4.30. The van der Waals surface area contributed by atoms with Crippen LogP contribution in [0.2, 0.25) is 0 Å². The molecule has 1 N–H and O–H groups in total. The fraction of sp³-hybridized carbons (Fsp3) is 0.0714. The number of carbonyl (C=O) groups is 3. The number of para-hydroxylation sites is 2. The molecule has 0 unspecified atom stereocenters. The van der Waals surface area contributed by atoms with Crippen molar-refractivity contribution in [2.45, 2.75) is 6.54 Å². The predicted molar refractivity (Wildman–Crippen MR) is 141 cm³/mol. The van der Waals surface area contributed by atoms with Crippen LogP contribution >= 0.6 is 12.2 Å². The van der Waals surface area contributed by atoms with Crippen molar-refractivity contribution in [1.82, 2.24) is 9.88 Å². The summed E-state index contributed by atoms with van der Waals surface area (Å²) in [6, 6.07) is 23.9. The Balaban J connectivity index is 1.54. The molecular weight excluding hydrogens is 474 g/mol. The third-order valence-electron chi connectivity index (χ3n) is 5.94. The maximum absolute atomic E-state index is 13.4. The highest BCUT2D eigenvalue weighted by molar-refractivity contribution is 7.80. The SMILES string of the molecule is COC(=O)c1cccc(Cn2cc(C=C3C(=O)NC(=S)N(c4ccccc4)C3=O)c3ccccc32)c1. The lowest BCUT2D eigenvalue weighted by Gasteiger charge is -2.28. The Morgan fingerprint density at radius 1 is 1.00 bits per heavy atom. The van der Waals surface area contributed by atoms with Crippen LogP contribution in [0.1, 0.15) is 21.5 Å². The van der Waals surface area contributed by atoms with Crippen LogP contribution in [0.5, 0.6) is 0 Å². The highest BCUT2D eigenvalue weighted by Crippen LogP contribution is 2.27. The van der Waals surface area contributed by atoms with Gasteiger partial charge in [-0.3, -0.25) is 19.8 Å². The number of fused-ring (bicyclic) bond motifs is 1. The third-order valence-corrected chi connectivity index (χ3v) is 6.22. The normalized spacial score (nSPS) is 14.9. The number of nitrogens with one attached hydrogen (secondary N) is 1. The minimum Gasteiger partial charge on any atom is -0.465 e. The topological polar surface area (TPSA) is 80.6 Å². The number of ether oxygens (including phenoxy) is 1.